The van der Waals surface area contributed by atoms with Gasteiger partial charge < -0.3 is 0 Å². The number of halogens is 2. The fourth-order valence-electron chi connectivity index (χ4n) is 3.41. The number of amides is 1. The summed E-state index contributed by atoms with van der Waals surface area (Å²) >= 11 is 5.74. The summed E-state index contributed by atoms with van der Waals surface area (Å²) in [5.74, 6) is 0.0943. The topological polar surface area (TPSA) is 87.7 Å². The quantitative estimate of drug-likeness (QED) is 0.725. The van der Waals surface area contributed by atoms with Crippen LogP contribution in [0.25, 0.3) is 11.4 Å². The molecule has 1 atom stereocenters. The van der Waals surface area contributed by atoms with Crippen molar-refractivity contribution in [1.82, 2.24) is 25.4 Å². The number of hydrogen-bond donors (Lipinski definition) is 1. The zero-order chi connectivity index (χ0) is 19.7. The van der Waals surface area contributed by atoms with Gasteiger partial charge in [0.15, 0.2) is 5.82 Å². The summed E-state index contributed by atoms with van der Waals surface area (Å²) in [4.78, 5) is 19.0. The highest BCUT2D eigenvalue weighted by Gasteiger charge is 2.32. The third kappa shape index (κ3) is 3.60. The highest BCUT2D eigenvalue weighted by Crippen LogP contribution is 2.27. The molecule has 9 heteroatoms. The van der Waals surface area contributed by atoms with Crippen LogP contribution in [0.2, 0.25) is 5.02 Å². The standard InChI is InChI=1S/C19H18ClFN6O/c1-11-9-22-23-10-14(11)17-24-19(26-25-17)27-6-2-3-13(18(27)28)7-12-4-5-15(20)16(21)8-12/h4-5,8-10,13H,2-3,6-7H2,1H3,(H,24,25,26). The lowest BCUT2D eigenvalue weighted by Gasteiger charge is -2.30. The second-order valence-electron chi connectivity index (χ2n) is 6.85. The van der Waals surface area contributed by atoms with Gasteiger partial charge in [0.1, 0.15) is 5.82 Å². The molecule has 4 rings (SSSR count). The Labute approximate surface area is 166 Å². The molecule has 2 aromatic heterocycles. The van der Waals surface area contributed by atoms with Crippen LogP contribution in [-0.4, -0.2) is 37.8 Å². The molecule has 0 radical (unpaired) electrons. The largest absolute Gasteiger partial charge is 0.279 e. The average molecular weight is 401 g/mol. The first-order chi connectivity index (χ1) is 13.5. The molecule has 0 aliphatic carbocycles. The Morgan fingerprint density at radius 1 is 1.32 bits per heavy atom. The van der Waals surface area contributed by atoms with Crippen molar-refractivity contribution >= 4 is 23.5 Å². The maximum Gasteiger partial charge on any atom is 0.251 e. The molecule has 1 fully saturated rings. The average Bonchev–Trinajstić information content (AvgIpc) is 3.16. The normalized spacial score (nSPS) is 17.2. The summed E-state index contributed by atoms with van der Waals surface area (Å²) in [6.07, 6.45) is 5.27. The zero-order valence-electron chi connectivity index (χ0n) is 15.2. The monoisotopic (exact) mass is 400 g/mol. The van der Waals surface area contributed by atoms with Gasteiger partial charge in [-0.1, -0.05) is 17.7 Å². The third-order valence-corrected chi connectivity index (χ3v) is 5.22. The van der Waals surface area contributed by atoms with Crippen LogP contribution in [0, 0.1) is 18.7 Å². The van der Waals surface area contributed by atoms with Crippen LogP contribution in [0.1, 0.15) is 24.0 Å². The molecule has 1 aliphatic heterocycles. The molecular weight excluding hydrogens is 383 g/mol. The number of anilines is 1. The van der Waals surface area contributed by atoms with Crippen molar-refractivity contribution in [1.29, 1.82) is 0 Å². The Hall–Kier alpha value is -2.87. The zero-order valence-corrected chi connectivity index (χ0v) is 15.9. The van der Waals surface area contributed by atoms with Gasteiger partial charge in [0.05, 0.1) is 17.4 Å². The molecule has 3 heterocycles. The van der Waals surface area contributed by atoms with Crippen molar-refractivity contribution in [3.05, 3.63) is 52.6 Å². The molecule has 28 heavy (non-hydrogen) atoms. The van der Waals surface area contributed by atoms with E-state index in [0.29, 0.717) is 24.7 Å². The Morgan fingerprint density at radius 2 is 2.14 bits per heavy atom. The van der Waals surface area contributed by atoms with E-state index < -0.39 is 5.82 Å². The van der Waals surface area contributed by atoms with E-state index in [1.807, 2.05) is 6.92 Å². The summed E-state index contributed by atoms with van der Waals surface area (Å²) in [6, 6.07) is 4.66. The predicted octanol–water partition coefficient (Wildman–Crippen LogP) is 3.35. The summed E-state index contributed by atoms with van der Waals surface area (Å²) < 4.78 is 13.7. The fourth-order valence-corrected chi connectivity index (χ4v) is 3.53. The number of piperidine rings is 1. The Bertz CT molecular complexity index is 1020. The lowest BCUT2D eigenvalue weighted by Crippen LogP contribution is -2.42. The number of aromatic amines is 1. The van der Waals surface area contributed by atoms with E-state index in [2.05, 4.69) is 25.4 Å². The van der Waals surface area contributed by atoms with E-state index in [0.717, 1.165) is 29.5 Å². The lowest BCUT2D eigenvalue weighted by molar-refractivity contribution is -0.123. The molecule has 3 aromatic rings. The SMILES string of the molecule is Cc1cnncc1-c1nc(N2CCCC(Cc3ccc(Cl)c(F)c3)C2=O)n[nH]1. The maximum atomic E-state index is 13.7. The number of nitrogens with one attached hydrogen (secondary N) is 1. The van der Waals surface area contributed by atoms with E-state index >= 15 is 0 Å². The molecule has 1 aliphatic rings. The molecular formula is C19H18ClFN6O. The van der Waals surface area contributed by atoms with E-state index in [1.54, 1.807) is 23.4 Å². The van der Waals surface area contributed by atoms with E-state index in [4.69, 9.17) is 11.6 Å². The van der Waals surface area contributed by atoms with Crippen LogP contribution in [0.15, 0.2) is 30.6 Å². The van der Waals surface area contributed by atoms with Crippen LogP contribution in [-0.2, 0) is 11.2 Å². The number of carbonyl (C=O) groups is 1. The molecule has 1 aromatic carbocycles. The predicted molar refractivity (Wildman–Crippen MR) is 102 cm³/mol. The fraction of sp³-hybridized carbons (Fsp3) is 0.316. The highest BCUT2D eigenvalue weighted by molar-refractivity contribution is 6.30. The number of rotatable bonds is 4. The Kier molecular flexibility index (Phi) is 5.04. The third-order valence-electron chi connectivity index (χ3n) is 4.92. The summed E-state index contributed by atoms with van der Waals surface area (Å²) in [6.45, 7) is 2.45. The van der Waals surface area contributed by atoms with E-state index in [-0.39, 0.29) is 16.8 Å². The van der Waals surface area contributed by atoms with E-state index in [9.17, 15) is 9.18 Å². The lowest BCUT2D eigenvalue weighted by atomic mass is 9.90. The van der Waals surface area contributed by atoms with E-state index in [1.165, 1.54) is 12.1 Å². The molecule has 7 nitrogen and oxygen atoms in total. The number of H-pyrrole nitrogens is 1. The van der Waals surface area contributed by atoms with Gasteiger partial charge in [-0.05, 0) is 49.4 Å². The number of aryl methyl sites for hydroxylation is 1. The van der Waals surface area contributed by atoms with Gasteiger partial charge in [-0.3, -0.25) is 14.8 Å². The van der Waals surface area contributed by atoms with Crippen LogP contribution in [0.5, 0.6) is 0 Å². The molecule has 144 valence electrons. The van der Waals surface area contributed by atoms with Crippen LogP contribution in [0.3, 0.4) is 0 Å². The van der Waals surface area contributed by atoms with Crippen molar-refractivity contribution in [2.24, 2.45) is 5.92 Å². The van der Waals surface area contributed by atoms with Gasteiger partial charge in [-0.2, -0.15) is 15.2 Å². The Morgan fingerprint density at radius 3 is 2.93 bits per heavy atom. The number of hydrogen-bond acceptors (Lipinski definition) is 5. The molecule has 1 saturated heterocycles. The first-order valence-corrected chi connectivity index (χ1v) is 9.36. The van der Waals surface area contributed by atoms with Crippen LogP contribution >= 0.6 is 11.6 Å². The van der Waals surface area contributed by atoms with Gasteiger partial charge in [0.2, 0.25) is 5.91 Å². The van der Waals surface area contributed by atoms with Crippen LogP contribution in [0.4, 0.5) is 10.3 Å². The van der Waals surface area contributed by atoms with Gasteiger partial charge >= 0.3 is 0 Å². The molecule has 1 amide bonds. The molecule has 0 saturated carbocycles. The van der Waals surface area contributed by atoms with Gasteiger partial charge in [-0.15, -0.1) is 5.10 Å². The molecule has 0 spiro atoms. The van der Waals surface area contributed by atoms with Crippen molar-refractivity contribution in [2.45, 2.75) is 26.2 Å². The van der Waals surface area contributed by atoms with Crippen molar-refractivity contribution in [3.8, 4) is 11.4 Å². The molecule has 1 unspecified atom stereocenters. The number of aromatic nitrogens is 5. The van der Waals surface area contributed by atoms with Crippen LogP contribution < -0.4 is 4.90 Å². The second kappa shape index (κ2) is 7.63. The number of carbonyl (C=O) groups excluding carboxylic acids is 1. The van der Waals surface area contributed by atoms with Gasteiger partial charge in [0.25, 0.3) is 5.95 Å². The number of benzene rings is 1. The Balaban J connectivity index is 1.53. The maximum absolute atomic E-state index is 13.7. The van der Waals surface area contributed by atoms with Crippen molar-refractivity contribution in [3.63, 3.8) is 0 Å². The summed E-state index contributed by atoms with van der Waals surface area (Å²) in [7, 11) is 0. The minimum absolute atomic E-state index is 0.0586. The number of nitrogens with zero attached hydrogens (tertiary/aromatic N) is 5. The van der Waals surface area contributed by atoms with Gasteiger partial charge in [0, 0.05) is 18.0 Å². The smallest absolute Gasteiger partial charge is 0.251 e. The van der Waals surface area contributed by atoms with Crippen molar-refractivity contribution < 1.29 is 9.18 Å². The summed E-state index contributed by atoms with van der Waals surface area (Å²) in [5.41, 5.74) is 2.44. The minimum Gasteiger partial charge on any atom is -0.279 e. The first-order valence-electron chi connectivity index (χ1n) is 8.98. The molecule has 0 bridgehead atoms. The summed E-state index contributed by atoms with van der Waals surface area (Å²) in [5, 5.41) is 14.9. The highest BCUT2D eigenvalue weighted by atomic mass is 35.5. The first kappa shape index (κ1) is 18.5. The van der Waals surface area contributed by atoms with Crippen molar-refractivity contribution in [2.75, 3.05) is 11.4 Å². The second-order valence-corrected chi connectivity index (χ2v) is 7.26. The minimum atomic E-state index is -0.473. The van der Waals surface area contributed by atoms with Gasteiger partial charge in [-0.25, -0.2) is 4.39 Å². The molecule has 1 N–H and O–H groups in total.